The second kappa shape index (κ2) is 4.68. The molecule has 0 radical (unpaired) electrons. The number of halogens is 1. The molecule has 0 fully saturated rings. The minimum absolute atomic E-state index is 0.199. The second-order valence-corrected chi connectivity index (χ2v) is 4.09. The Balaban J connectivity index is 2.64. The molecule has 1 aromatic carbocycles. The third kappa shape index (κ3) is 2.03. The van der Waals surface area contributed by atoms with Crippen LogP contribution in [0.1, 0.15) is 12.5 Å². The summed E-state index contributed by atoms with van der Waals surface area (Å²) in [5.41, 5.74) is 7.88. The van der Waals surface area contributed by atoms with Crippen LogP contribution in [0.3, 0.4) is 0 Å². The normalized spacial score (nSPS) is 10.7. The van der Waals surface area contributed by atoms with Gasteiger partial charge in [-0.2, -0.15) is 5.10 Å². The Kier molecular flexibility index (Phi) is 3.23. The van der Waals surface area contributed by atoms with E-state index in [4.69, 9.17) is 10.5 Å². The minimum Gasteiger partial charge on any atom is -0.493 e. The van der Waals surface area contributed by atoms with E-state index in [1.54, 1.807) is 17.8 Å². The predicted octanol–water partition coefficient (Wildman–Crippen LogP) is 2.38. The van der Waals surface area contributed by atoms with Crippen LogP contribution in [0.4, 0.5) is 10.2 Å². The quantitative estimate of drug-likeness (QED) is 0.908. The molecule has 2 N–H and O–H groups in total. The van der Waals surface area contributed by atoms with Gasteiger partial charge in [0.2, 0.25) is 0 Å². The molecule has 0 saturated heterocycles. The van der Waals surface area contributed by atoms with E-state index in [0.29, 0.717) is 17.1 Å². The maximum atomic E-state index is 13.9. The molecule has 18 heavy (non-hydrogen) atoms. The monoisotopic (exact) mass is 249 g/mol. The zero-order chi connectivity index (χ0) is 13.3. The van der Waals surface area contributed by atoms with Gasteiger partial charge < -0.3 is 10.5 Å². The van der Waals surface area contributed by atoms with Gasteiger partial charge in [0.15, 0.2) is 11.6 Å². The fraction of sp³-hybridized carbons (Fsp3) is 0.308. The Labute approximate surface area is 105 Å². The molecule has 0 saturated carbocycles. The van der Waals surface area contributed by atoms with Crippen molar-refractivity contribution in [2.24, 2.45) is 7.05 Å². The second-order valence-electron chi connectivity index (χ2n) is 4.09. The van der Waals surface area contributed by atoms with Crippen LogP contribution < -0.4 is 10.5 Å². The van der Waals surface area contributed by atoms with Crippen molar-refractivity contribution in [2.75, 3.05) is 12.8 Å². The van der Waals surface area contributed by atoms with E-state index < -0.39 is 0 Å². The fourth-order valence-electron chi connectivity index (χ4n) is 1.86. The average molecular weight is 249 g/mol. The number of methoxy groups -OCH3 is 1. The fourth-order valence-corrected chi connectivity index (χ4v) is 1.86. The molecule has 0 bridgehead atoms. The highest BCUT2D eigenvalue weighted by Crippen LogP contribution is 2.33. The van der Waals surface area contributed by atoms with Gasteiger partial charge in [-0.25, -0.2) is 4.39 Å². The molecule has 5 heteroatoms. The number of nitrogens with zero attached hydrogens (tertiary/aromatic N) is 2. The highest BCUT2D eigenvalue weighted by Gasteiger charge is 2.15. The number of nitrogen functional groups attached to an aromatic ring is 1. The highest BCUT2D eigenvalue weighted by molar-refractivity contribution is 5.70. The molecule has 0 amide bonds. The lowest BCUT2D eigenvalue weighted by molar-refractivity contribution is 0.388. The predicted molar refractivity (Wildman–Crippen MR) is 68.9 cm³/mol. The van der Waals surface area contributed by atoms with E-state index in [2.05, 4.69) is 5.10 Å². The molecule has 2 aromatic rings. The standard InChI is InChI=1S/C13H16FN3O/c1-4-8-5-9(13(18-3)10(14)6-8)11-7-12(15)17(2)16-11/h5-7H,4,15H2,1-3H3. The first-order chi connectivity index (χ1) is 8.56. The number of nitrogens with two attached hydrogens (primary N) is 1. The topological polar surface area (TPSA) is 53.1 Å². The zero-order valence-electron chi connectivity index (χ0n) is 10.7. The Morgan fingerprint density at radius 3 is 2.61 bits per heavy atom. The van der Waals surface area contributed by atoms with Crippen LogP contribution in [-0.4, -0.2) is 16.9 Å². The lowest BCUT2D eigenvalue weighted by atomic mass is 10.0. The SMILES string of the molecule is CCc1cc(F)c(OC)c(-c2cc(N)n(C)n2)c1. The number of anilines is 1. The molecule has 0 atom stereocenters. The van der Waals surface area contributed by atoms with Crippen molar-refractivity contribution in [1.82, 2.24) is 9.78 Å². The average Bonchev–Trinajstić information content (AvgIpc) is 2.68. The third-order valence-corrected chi connectivity index (χ3v) is 2.91. The molecular formula is C13H16FN3O. The van der Waals surface area contributed by atoms with Crippen molar-refractivity contribution in [2.45, 2.75) is 13.3 Å². The van der Waals surface area contributed by atoms with Crippen molar-refractivity contribution in [3.8, 4) is 17.0 Å². The Morgan fingerprint density at radius 1 is 1.39 bits per heavy atom. The van der Waals surface area contributed by atoms with Crippen molar-refractivity contribution < 1.29 is 9.13 Å². The summed E-state index contributed by atoms with van der Waals surface area (Å²) in [4.78, 5) is 0. The molecule has 0 aliphatic carbocycles. The zero-order valence-corrected chi connectivity index (χ0v) is 10.7. The molecule has 1 aromatic heterocycles. The van der Waals surface area contributed by atoms with Crippen molar-refractivity contribution >= 4 is 5.82 Å². The number of rotatable bonds is 3. The summed E-state index contributed by atoms with van der Waals surface area (Å²) in [6.07, 6.45) is 0.746. The smallest absolute Gasteiger partial charge is 0.166 e. The van der Waals surface area contributed by atoms with E-state index in [0.717, 1.165) is 12.0 Å². The third-order valence-electron chi connectivity index (χ3n) is 2.91. The Morgan fingerprint density at radius 2 is 2.11 bits per heavy atom. The van der Waals surface area contributed by atoms with E-state index in [1.165, 1.54) is 13.2 Å². The van der Waals surface area contributed by atoms with Crippen LogP contribution in [0.15, 0.2) is 18.2 Å². The van der Waals surface area contributed by atoms with Crippen LogP contribution in [0.25, 0.3) is 11.3 Å². The van der Waals surface area contributed by atoms with Gasteiger partial charge in [-0.1, -0.05) is 6.92 Å². The largest absolute Gasteiger partial charge is 0.493 e. The summed E-state index contributed by atoms with van der Waals surface area (Å²) in [6.45, 7) is 1.97. The molecular weight excluding hydrogens is 233 g/mol. The molecule has 96 valence electrons. The number of benzene rings is 1. The van der Waals surface area contributed by atoms with Crippen LogP contribution >= 0.6 is 0 Å². The molecule has 4 nitrogen and oxygen atoms in total. The Bertz CT molecular complexity index is 558. The van der Waals surface area contributed by atoms with Crippen molar-refractivity contribution in [1.29, 1.82) is 0 Å². The highest BCUT2D eigenvalue weighted by atomic mass is 19.1. The van der Waals surface area contributed by atoms with Gasteiger partial charge in [0.05, 0.1) is 12.8 Å². The molecule has 0 aliphatic rings. The molecule has 0 aliphatic heterocycles. The first-order valence-corrected chi connectivity index (χ1v) is 5.73. The number of ether oxygens (including phenoxy) is 1. The maximum Gasteiger partial charge on any atom is 0.166 e. The molecule has 0 unspecified atom stereocenters. The summed E-state index contributed by atoms with van der Waals surface area (Å²) in [5.74, 6) is 0.343. The summed E-state index contributed by atoms with van der Waals surface area (Å²) >= 11 is 0. The lowest BCUT2D eigenvalue weighted by Crippen LogP contribution is -1.97. The van der Waals surface area contributed by atoms with Crippen molar-refractivity contribution in [3.05, 3.63) is 29.6 Å². The van der Waals surface area contributed by atoms with Crippen LogP contribution in [0, 0.1) is 5.82 Å². The Hall–Kier alpha value is -2.04. The number of aromatic nitrogens is 2. The van der Waals surface area contributed by atoms with Crippen molar-refractivity contribution in [3.63, 3.8) is 0 Å². The lowest BCUT2D eigenvalue weighted by Gasteiger charge is -2.09. The summed E-state index contributed by atoms with van der Waals surface area (Å²) in [7, 11) is 3.19. The van der Waals surface area contributed by atoms with Crippen LogP contribution in [-0.2, 0) is 13.5 Å². The van der Waals surface area contributed by atoms with E-state index in [9.17, 15) is 4.39 Å². The summed E-state index contributed by atoms with van der Waals surface area (Å²) < 4.78 is 20.6. The van der Waals surface area contributed by atoms with E-state index >= 15 is 0 Å². The van der Waals surface area contributed by atoms with Gasteiger partial charge in [-0.15, -0.1) is 0 Å². The first-order valence-electron chi connectivity index (χ1n) is 5.73. The van der Waals surface area contributed by atoms with Gasteiger partial charge in [-0.3, -0.25) is 4.68 Å². The first kappa shape index (κ1) is 12.4. The molecule has 0 spiro atoms. The maximum absolute atomic E-state index is 13.9. The van der Waals surface area contributed by atoms with E-state index in [1.807, 2.05) is 13.0 Å². The molecule has 1 heterocycles. The summed E-state index contributed by atoms with van der Waals surface area (Å²) in [6, 6.07) is 5.06. The number of hydrogen-bond donors (Lipinski definition) is 1. The van der Waals surface area contributed by atoms with Gasteiger partial charge in [0.1, 0.15) is 5.82 Å². The van der Waals surface area contributed by atoms with Gasteiger partial charge in [0.25, 0.3) is 0 Å². The number of aryl methyl sites for hydroxylation is 2. The van der Waals surface area contributed by atoms with Gasteiger partial charge in [-0.05, 0) is 24.1 Å². The van der Waals surface area contributed by atoms with Gasteiger partial charge in [0, 0.05) is 18.7 Å². The number of hydrogen-bond acceptors (Lipinski definition) is 3. The van der Waals surface area contributed by atoms with Gasteiger partial charge >= 0.3 is 0 Å². The summed E-state index contributed by atoms with van der Waals surface area (Å²) in [5, 5.41) is 4.25. The molecule has 2 rings (SSSR count). The van der Waals surface area contributed by atoms with Crippen LogP contribution in [0.2, 0.25) is 0 Å². The van der Waals surface area contributed by atoms with E-state index in [-0.39, 0.29) is 11.6 Å². The van der Waals surface area contributed by atoms with Crippen LogP contribution in [0.5, 0.6) is 5.75 Å². The minimum atomic E-state index is -0.379.